The van der Waals surface area contributed by atoms with Crippen molar-refractivity contribution in [3.05, 3.63) is 90.0 Å². The lowest BCUT2D eigenvalue weighted by Gasteiger charge is -2.39. The van der Waals surface area contributed by atoms with E-state index in [1.165, 1.54) is 11.3 Å². The van der Waals surface area contributed by atoms with Crippen LogP contribution < -0.4 is 25.4 Å². The molecule has 0 bridgehead atoms. The van der Waals surface area contributed by atoms with Crippen LogP contribution in [-0.2, 0) is 6.42 Å². The van der Waals surface area contributed by atoms with Gasteiger partial charge in [-0.3, -0.25) is 5.01 Å². The average molecular weight is 486 g/mol. The second-order valence-electron chi connectivity index (χ2n) is 9.30. The number of para-hydroxylation sites is 2. The van der Waals surface area contributed by atoms with Crippen molar-refractivity contribution in [2.45, 2.75) is 25.2 Å². The summed E-state index contributed by atoms with van der Waals surface area (Å²) in [6.45, 7) is 2.83. The minimum atomic E-state index is 0.0613. The van der Waals surface area contributed by atoms with E-state index in [2.05, 4.69) is 87.7 Å². The standard InChI is InChI=1S/C29H35N5O2/c1-35-26-15-9-14-25(28(26)36-2)27(23-17-19-33(20-18-23)24-12-7-4-8-13-24)29-30-31-32-34(29)21-16-22-10-5-3-6-11-22/h3-15,23,27,31-32H,16-21H2,1-2H3. The molecule has 1 fully saturated rings. The van der Waals surface area contributed by atoms with Crippen molar-refractivity contribution in [3.8, 4) is 11.5 Å². The summed E-state index contributed by atoms with van der Waals surface area (Å²) in [6.07, 6.45) is 3.04. The van der Waals surface area contributed by atoms with Gasteiger partial charge in [-0.25, -0.2) is 5.53 Å². The number of nitrogens with one attached hydrogen (secondary N) is 2. The van der Waals surface area contributed by atoms with E-state index in [9.17, 15) is 0 Å². The van der Waals surface area contributed by atoms with Crippen LogP contribution in [0.1, 0.15) is 29.9 Å². The minimum Gasteiger partial charge on any atom is -0.493 e. The average Bonchev–Trinajstić information content (AvgIpc) is 3.41. The van der Waals surface area contributed by atoms with Crippen LogP contribution in [0.2, 0.25) is 0 Å². The van der Waals surface area contributed by atoms with E-state index in [0.29, 0.717) is 5.92 Å². The zero-order chi connectivity index (χ0) is 24.7. The first-order valence-corrected chi connectivity index (χ1v) is 12.7. The van der Waals surface area contributed by atoms with E-state index < -0.39 is 0 Å². The molecule has 2 aliphatic heterocycles. The second-order valence-corrected chi connectivity index (χ2v) is 9.30. The molecule has 1 unspecified atom stereocenters. The van der Waals surface area contributed by atoms with Crippen molar-refractivity contribution in [3.63, 3.8) is 0 Å². The number of benzene rings is 3. The van der Waals surface area contributed by atoms with Crippen molar-refractivity contribution >= 4 is 11.5 Å². The number of ether oxygens (including phenoxy) is 2. The van der Waals surface area contributed by atoms with E-state index in [0.717, 1.165) is 61.8 Å². The molecule has 2 N–H and O–H groups in total. The molecule has 1 atom stereocenters. The maximum absolute atomic E-state index is 5.90. The Labute approximate surface area is 213 Å². The molecule has 0 amide bonds. The van der Waals surface area contributed by atoms with Crippen LogP contribution in [0.5, 0.6) is 11.5 Å². The number of hydrogen-bond donors (Lipinski definition) is 2. The number of amidine groups is 1. The van der Waals surface area contributed by atoms with E-state index in [1.54, 1.807) is 14.2 Å². The lowest BCUT2D eigenvalue weighted by molar-refractivity contribution is 0.277. The van der Waals surface area contributed by atoms with Gasteiger partial charge in [0.15, 0.2) is 11.5 Å². The molecule has 5 rings (SSSR count). The SMILES string of the molecule is COc1cccc(C(C2=NNNN2CCc2ccccc2)C2CCN(c3ccccc3)CC2)c1OC. The summed E-state index contributed by atoms with van der Waals surface area (Å²) in [4.78, 5) is 2.48. The highest BCUT2D eigenvalue weighted by Crippen LogP contribution is 2.43. The summed E-state index contributed by atoms with van der Waals surface area (Å²) in [5.74, 6) is 3.00. The lowest BCUT2D eigenvalue weighted by Crippen LogP contribution is -2.46. The fourth-order valence-electron chi connectivity index (χ4n) is 5.44. The second kappa shape index (κ2) is 11.4. The Hall–Kier alpha value is -3.71. The van der Waals surface area contributed by atoms with E-state index in [1.807, 2.05) is 12.1 Å². The van der Waals surface area contributed by atoms with Gasteiger partial charge in [0.2, 0.25) is 0 Å². The number of anilines is 1. The highest BCUT2D eigenvalue weighted by Gasteiger charge is 2.38. The predicted octanol–water partition coefficient (Wildman–Crippen LogP) is 4.59. The fraction of sp³-hybridized carbons (Fsp3) is 0.345. The smallest absolute Gasteiger partial charge is 0.164 e. The molecule has 7 nitrogen and oxygen atoms in total. The van der Waals surface area contributed by atoms with E-state index >= 15 is 0 Å². The van der Waals surface area contributed by atoms with Crippen LogP contribution in [0.15, 0.2) is 84.0 Å². The third-order valence-electron chi connectivity index (χ3n) is 7.28. The van der Waals surface area contributed by atoms with Gasteiger partial charge in [-0.15, -0.1) is 10.6 Å². The molecule has 2 aliphatic rings. The molecule has 0 radical (unpaired) electrons. The van der Waals surface area contributed by atoms with Gasteiger partial charge >= 0.3 is 0 Å². The molecular formula is C29H35N5O2. The number of hydrazone groups is 1. The quantitative estimate of drug-likeness (QED) is 0.463. The Morgan fingerprint density at radius 3 is 2.31 bits per heavy atom. The normalized spacial score (nSPS) is 16.9. The fourth-order valence-corrected chi connectivity index (χ4v) is 5.44. The first-order chi connectivity index (χ1) is 17.8. The predicted molar refractivity (Wildman–Crippen MR) is 144 cm³/mol. The summed E-state index contributed by atoms with van der Waals surface area (Å²) in [5, 5.41) is 6.91. The summed E-state index contributed by atoms with van der Waals surface area (Å²) in [7, 11) is 3.41. The highest BCUT2D eigenvalue weighted by molar-refractivity contribution is 5.90. The van der Waals surface area contributed by atoms with Crippen LogP contribution in [0.3, 0.4) is 0 Å². The zero-order valence-electron chi connectivity index (χ0n) is 21.1. The molecule has 0 aromatic heterocycles. The van der Waals surface area contributed by atoms with Crippen LogP contribution in [0, 0.1) is 5.92 Å². The summed E-state index contributed by atoms with van der Waals surface area (Å²) < 4.78 is 11.6. The zero-order valence-corrected chi connectivity index (χ0v) is 21.1. The van der Waals surface area contributed by atoms with Gasteiger partial charge in [0, 0.05) is 30.9 Å². The Bertz CT molecular complexity index is 1150. The number of piperidine rings is 1. The van der Waals surface area contributed by atoms with Crippen molar-refractivity contribution in [1.82, 2.24) is 16.1 Å². The van der Waals surface area contributed by atoms with Crippen LogP contribution in [-0.4, -0.2) is 44.7 Å². The number of nitrogens with zero attached hydrogens (tertiary/aromatic N) is 3. The first-order valence-electron chi connectivity index (χ1n) is 12.7. The Balaban J connectivity index is 1.42. The van der Waals surface area contributed by atoms with Crippen molar-refractivity contribution < 1.29 is 9.47 Å². The largest absolute Gasteiger partial charge is 0.493 e. The molecular weight excluding hydrogens is 450 g/mol. The Morgan fingerprint density at radius 2 is 1.61 bits per heavy atom. The summed E-state index contributed by atoms with van der Waals surface area (Å²) >= 11 is 0. The van der Waals surface area contributed by atoms with Crippen LogP contribution >= 0.6 is 0 Å². The highest BCUT2D eigenvalue weighted by atomic mass is 16.5. The molecule has 36 heavy (non-hydrogen) atoms. The molecule has 0 spiro atoms. The number of hydrazine groups is 2. The number of methoxy groups -OCH3 is 2. The van der Waals surface area contributed by atoms with Gasteiger partial charge in [0.1, 0.15) is 5.84 Å². The van der Waals surface area contributed by atoms with Gasteiger partial charge in [-0.1, -0.05) is 60.7 Å². The molecule has 0 saturated carbocycles. The van der Waals surface area contributed by atoms with Crippen molar-refractivity contribution in [1.29, 1.82) is 0 Å². The molecule has 0 aliphatic carbocycles. The topological polar surface area (TPSA) is 61.4 Å². The van der Waals surface area contributed by atoms with Crippen LogP contribution in [0.25, 0.3) is 0 Å². The molecule has 3 aromatic carbocycles. The lowest BCUT2D eigenvalue weighted by atomic mass is 9.78. The number of rotatable bonds is 9. The molecule has 2 heterocycles. The molecule has 188 valence electrons. The minimum absolute atomic E-state index is 0.0613. The Kier molecular flexibility index (Phi) is 7.57. The Morgan fingerprint density at radius 1 is 0.889 bits per heavy atom. The monoisotopic (exact) mass is 485 g/mol. The summed E-state index contributed by atoms with van der Waals surface area (Å²) in [5.41, 5.74) is 10.0. The van der Waals surface area contributed by atoms with Crippen molar-refractivity contribution in [2.24, 2.45) is 11.0 Å². The van der Waals surface area contributed by atoms with Crippen molar-refractivity contribution in [2.75, 3.05) is 38.8 Å². The van der Waals surface area contributed by atoms with Gasteiger partial charge in [-0.2, -0.15) is 0 Å². The first kappa shape index (κ1) is 24.0. The van der Waals surface area contributed by atoms with Gasteiger partial charge in [-0.05, 0) is 48.9 Å². The third-order valence-corrected chi connectivity index (χ3v) is 7.28. The van der Waals surface area contributed by atoms with Gasteiger partial charge < -0.3 is 14.4 Å². The van der Waals surface area contributed by atoms with Gasteiger partial charge in [0.25, 0.3) is 0 Å². The number of hydrogen-bond acceptors (Lipinski definition) is 7. The molecule has 7 heteroatoms. The third kappa shape index (κ3) is 5.11. The molecule has 3 aromatic rings. The van der Waals surface area contributed by atoms with E-state index in [-0.39, 0.29) is 5.92 Å². The maximum atomic E-state index is 5.90. The van der Waals surface area contributed by atoms with Crippen LogP contribution in [0.4, 0.5) is 5.69 Å². The molecule has 1 saturated heterocycles. The maximum Gasteiger partial charge on any atom is 0.164 e. The van der Waals surface area contributed by atoms with Gasteiger partial charge in [0.05, 0.1) is 20.1 Å². The summed E-state index contributed by atoms with van der Waals surface area (Å²) in [6, 6.07) is 27.4. The van der Waals surface area contributed by atoms with E-state index in [4.69, 9.17) is 14.6 Å².